The van der Waals surface area contributed by atoms with Crippen LogP contribution in [-0.4, -0.2) is 11.4 Å². The molecule has 0 spiro atoms. The first kappa shape index (κ1) is 9.37. The van der Waals surface area contributed by atoms with Crippen molar-refractivity contribution in [3.8, 4) is 0 Å². The second-order valence-electron chi connectivity index (χ2n) is 1.79. The van der Waals surface area contributed by atoms with E-state index in [-0.39, 0.29) is 0 Å². The van der Waals surface area contributed by atoms with Gasteiger partial charge in [0.1, 0.15) is 0 Å². The van der Waals surface area contributed by atoms with Crippen LogP contribution in [0.4, 0.5) is 22.0 Å². The van der Waals surface area contributed by atoms with Gasteiger partial charge >= 0.3 is 23.4 Å². The summed E-state index contributed by atoms with van der Waals surface area (Å²) in [7, 11) is 0. The van der Waals surface area contributed by atoms with Crippen molar-refractivity contribution in [2.75, 3.05) is 0 Å². The molecule has 0 fully saturated rings. The van der Waals surface area contributed by atoms with E-state index in [2.05, 4.69) is 21.1 Å². The Morgan fingerprint density at radius 1 is 1.08 bits per heavy atom. The summed E-state index contributed by atoms with van der Waals surface area (Å²) in [6.07, 6.45) is -5.22. The molecule has 0 bridgehead atoms. The van der Waals surface area contributed by atoms with Crippen LogP contribution in [0.15, 0.2) is 12.0 Å². The fraction of sp³-hybridized carbons (Fsp3) is 0.500. The number of ether oxygens (including phenoxy) is 2. The molecule has 0 aromatic heterocycles. The highest BCUT2D eigenvalue weighted by Gasteiger charge is 2.64. The lowest BCUT2D eigenvalue weighted by Gasteiger charge is -2.21. The van der Waals surface area contributed by atoms with Gasteiger partial charge in [-0.1, -0.05) is 0 Å². The van der Waals surface area contributed by atoms with Crippen LogP contribution in [0.3, 0.4) is 0 Å². The summed E-state index contributed by atoms with van der Waals surface area (Å²) in [6, 6.07) is -4.25. The van der Waals surface area contributed by atoms with Crippen molar-refractivity contribution in [2.24, 2.45) is 0 Å². The molecule has 0 atom stereocenters. The molecule has 1 rings (SSSR count). The molecule has 0 aromatic rings. The van der Waals surface area contributed by atoms with E-state index in [9.17, 15) is 22.0 Å². The average Bonchev–Trinajstić information content (AvgIpc) is 2.06. The van der Waals surface area contributed by atoms with Gasteiger partial charge in [-0.15, -0.1) is 0 Å². The lowest BCUT2D eigenvalue weighted by molar-refractivity contribution is -0.303. The topological polar surface area (TPSA) is 18.5 Å². The van der Waals surface area contributed by atoms with Crippen LogP contribution in [0, 0.1) is 0 Å². The Morgan fingerprint density at radius 3 is 1.58 bits per heavy atom. The third kappa shape index (κ3) is 1.28. The van der Waals surface area contributed by atoms with Crippen LogP contribution in [0.2, 0.25) is 0 Å². The highest BCUT2D eigenvalue weighted by Crippen LogP contribution is 2.46. The van der Waals surface area contributed by atoms with E-state index < -0.39 is 23.4 Å². The molecule has 0 N–H and O–H groups in total. The monoisotopic (exact) mass is 210 g/mol. The van der Waals surface area contributed by atoms with E-state index in [0.29, 0.717) is 0 Å². The van der Waals surface area contributed by atoms with Gasteiger partial charge in [0, 0.05) is 0 Å². The van der Waals surface area contributed by atoms with Crippen LogP contribution < -0.4 is 0 Å². The smallest absolute Gasteiger partial charge is 0.402 e. The van der Waals surface area contributed by atoms with Gasteiger partial charge in [-0.3, -0.25) is 0 Å². The van der Waals surface area contributed by atoms with Crippen LogP contribution >= 0.6 is 11.6 Å². The van der Waals surface area contributed by atoms with Gasteiger partial charge in [0.05, 0.1) is 0 Å². The summed E-state index contributed by atoms with van der Waals surface area (Å²) in [5.41, 5.74) is 0. The van der Waals surface area contributed by atoms with Crippen molar-refractivity contribution < 1.29 is 31.4 Å². The molecule has 1 aliphatic rings. The van der Waals surface area contributed by atoms with Crippen molar-refractivity contribution >= 4 is 11.6 Å². The lowest BCUT2D eigenvalue weighted by atomic mass is 10.6. The molecule has 0 amide bonds. The highest BCUT2D eigenvalue weighted by molar-refractivity contribution is 6.22. The average molecular weight is 210 g/mol. The normalized spacial score (nSPS) is 22.2. The molecule has 0 saturated carbocycles. The van der Waals surface area contributed by atoms with Crippen molar-refractivity contribution in [1.82, 2.24) is 0 Å². The number of hydrogen-bond donors (Lipinski definition) is 0. The number of halogens is 6. The summed E-state index contributed by atoms with van der Waals surface area (Å²) < 4.78 is 65.6. The standard InChI is InChI=1S/C4ClF5O2/c5-3(4(8,9)10)11-1(6)2(7)12-3. The van der Waals surface area contributed by atoms with Crippen LogP contribution in [0.25, 0.3) is 0 Å². The predicted octanol–water partition coefficient (Wildman–Crippen LogP) is 2.55. The second-order valence-corrected chi connectivity index (χ2v) is 2.28. The molecule has 1 aliphatic heterocycles. The van der Waals surface area contributed by atoms with Gasteiger partial charge in [0.15, 0.2) is 0 Å². The van der Waals surface area contributed by atoms with E-state index in [4.69, 9.17) is 0 Å². The first-order valence-electron chi connectivity index (χ1n) is 2.45. The van der Waals surface area contributed by atoms with Crippen molar-refractivity contribution in [3.63, 3.8) is 0 Å². The molecule has 0 aromatic carbocycles. The molecule has 70 valence electrons. The van der Waals surface area contributed by atoms with E-state index >= 15 is 0 Å². The molecule has 0 radical (unpaired) electrons. The Balaban J connectivity index is 2.84. The number of alkyl halides is 4. The number of hydrogen-bond acceptors (Lipinski definition) is 2. The van der Waals surface area contributed by atoms with Crippen LogP contribution in [-0.2, 0) is 9.47 Å². The minimum absolute atomic E-state index is 2.12. The van der Waals surface area contributed by atoms with Gasteiger partial charge in [0.25, 0.3) is 0 Å². The van der Waals surface area contributed by atoms with Crippen LogP contribution in [0.1, 0.15) is 0 Å². The predicted molar refractivity (Wildman–Crippen MR) is 26.1 cm³/mol. The third-order valence-electron chi connectivity index (χ3n) is 0.935. The fourth-order valence-electron chi connectivity index (χ4n) is 0.447. The largest absolute Gasteiger partial charge is 0.485 e. The quantitative estimate of drug-likeness (QED) is 0.452. The summed E-state index contributed by atoms with van der Waals surface area (Å²) in [5, 5.41) is -3.78. The maximum absolute atomic E-state index is 11.9. The van der Waals surface area contributed by atoms with Gasteiger partial charge in [0.2, 0.25) is 0 Å². The summed E-state index contributed by atoms with van der Waals surface area (Å²) in [6.45, 7) is 0. The zero-order chi connectivity index (χ0) is 9.57. The molecule has 0 aliphatic carbocycles. The van der Waals surface area contributed by atoms with Gasteiger partial charge in [-0.05, 0) is 11.6 Å². The molecule has 0 saturated heterocycles. The Morgan fingerprint density at radius 2 is 1.42 bits per heavy atom. The molecular formula is C4ClF5O2. The zero-order valence-electron chi connectivity index (χ0n) is 5.08. The first-order chi connectivity index (χ1) is 5.26. The molecule has 8 heteroatoms. The Kier molecular flexibility index (Phi) is 1.86. The molecule has 1 heterocycles. The van der Waals surface area contributed by atoms with Gasteiger partial charge < -0.3 is 9.47 Å². The van der Waals surface area contributed by atoms with Crippen molar-refractivity contribution in [2.45, 2.75) is 11.4 Å². The zero-order valence-corrected chi connectivity index (χ0v) is 5.84. The maximum Gasteiger partial charge on any atom is 0.485 e. The van der Waals surface area contributed by atoms with E-state index in [1.165, 1.54) is 0 Å². The maximum atomic E-state index is 11.9. The highest BCUT2D eigenvalue weighted by atomic mass is 35.5. The molecule has 0 unspecified atom stereocenters. The second kappa shape index (κ2) is 2.38. The lowest BCUT2D eigenvalue weighted by Crippen LogP contribution is -2.41. The Hall–Kier alpha value is -0.720. The van der Waals surface area contributed by atoms with E-state index in [0.717, 1.165) is 0 Å². The Labute approximate surface area is 67.5 Å². The third-order valence-corrected chi connectivity index (χ3v) is 1.30. The minimum Gasteiger partial charge on any atom is -0.402 e. The van der Waals surface area contributed by atoms with E-state index in [1.54, 1.807) is 0 Å². The van der Waals surface area contributed by atoms with Crippen molar-refractivity contribution in [1.29, 1.82) is 0 Å². The summed E-state index contributed by atoms with van der Waals surface area (Å²) in [4.78, 5) is 0. The minimum atomic E-state index is -5.22. The fourth-order valence-corrected chi connectivity index (χ4v) is 0.583. The molecule has 12 heavy (non-hydrogen) atoms. The summed E-state index contributed by atoms with van der Waals surface area (Å²) >= 11 is 4.55. The first-order valence-corrected chi connectivity index (χ1v) is 2.83. The van der Waals surface area contributed by atoms with Crippen LogP contribution in [0.5, 0.6) is 0 Å². The van der Waals surface area contributed by atoms with E-state index in [1.807, 2.05) is 0 Å². The van der Waals surface area contributed by atoms with Gasteiger partial charge in [-0.2, -0.15) is 22.0 Å². The summed E-state index contributed by atoms with van der Waals surface area (Å²) in [5.74, 6) is 0. The SMILES string of the molecule is FC1=C(F)OC(Cl)(C(F)(F)F)O1. The van der Waals surface area contributed by atoms with Crippen molar-refractivity contribution in [3.05, 3.63) is 12.0 Å². The van der Waals surface area contributed by atoms with Gasteiger partial charge in [-0.25, -0.2) is 0 Å². The molecule has 2 nitrogen and oxygen atoms in total. The number of rotatable bonds is 0. The molecular weight excluding hydrogens is 210 g/mol. The Bertz CT molecular complexity index is 220.